The minimum absolute atomic E-state index is 0.0359. The second-order valence-electron chi connectivity index (χ2n) is 7.79. The third-order valence-electron chi connectivity index (χ3n) is 5.87. The van der Waals surface area contributed by atoms with E-state index in [9.17, 15) is 4.79 Å². The molecule has 1 aliphatic carbocycles. The van der Waals surface area contributed by atoms with Crippen molar-refractivity contribution in [3.8, 4) is 5.75 Å². The topological polar surface area (TPSA) is 44.8 Å². The van der Waals surface area contributed by atoms with Crippen molar-refractivity contribution in [1.29, 1.82) is 0 Å². The number of ether oxygens (including phenoxy) is 1. The van der Waals surface area contributed by atoms with Crippen molar-refractivity contribution in [2.75, 3.05) is 33.3 Å². The molecule has 1 aliphatic heterocycles. The second-order valence-corrected chi connectivity index (χ2v) is 7.79. The van der Waals surface area contributed by atoms with Crippen molar-refractivity contribution in [2.45, 2.75) is 58.2 Å². The summed E-state index contributed by atoms with van der Waals surface area (Å²) in [4.78, 5) is 17.3. The van der Waals surface area contributed by atoms with Gasteiger partial charge in [-0.2, -0.15) is 0 Å². The van der Waals surface area contributed by atoms with Gasteiger partial charge in [0.15, 0.2) is 0 Å². The first kappa shape index (κ1) is 19.2. The molecule has 1 aromatic carbocycles. The summed E-state index contributed by atoms with van der Waals surface area (Å²) in [5.74, 6) is 1.16. The monoisotopic (exact) mass is 359 g/mol. The fourth-order valence-electron chi connectivity index (χ4n) is 4.14. The summed E-state index contributed by atoms with van der Waals surface area (Å²) < 4.78 is 5.51. The van der Waals surface area contributed by atoms with Crippen LogP contribution in [0.15, 0.2) is 18.2 Å². The van der Waals surface area contributed by atoms with Gasteiger partial charge in [-0.1, -0.05) is 30.5 Å². The van der Waals surface area contributed by atoms with E-state index in [-0.39, 0.29) is 11.9 Å². The summed E-state index contributed by atoms with van der Waals surface area (Å²) in [6.07, 6.45) is 4.79. The summed E-state index contributed by atoms with van der Waals surface area (Å²) in [6, 6.07) is 6.72. The minimum Gasteiger partial charge on any atom is -0.496 e. The fraction of sp³-hybridized carbons (Fsp3) is 0.667. The number of carbonyl (C=O) groups excluding carboxylic acids is 1. The average molecular weight is 360 g/mol. The lowest BCUT2D eigenvalue weighted by molar-refractivity contribution is -0.127. The highest BCUT2D eigenvalue weighted by molar-refractivity contribution is 5.81. The molecular weight excluding hydrogens is 326 g/mol. The number of nitrogens with one attached hydrogen (secondary N) is 1. The molecule has 5 heteroatoms. The number of hydrogen-bond acceptors (Lipinski definition) is 4. The molecule has 2 aliphatic rings. The SMILES string of the molecule is COc1ccc(C)cc1CN1CCN([C@H](C)C(=O)NC2CCCC2)CC1. The first-order valence-electron chi connectivity index (χ1n) is 9.97. The van der Waals surface area contributed by atoms with Crippen molar-refractivity contribution in [3.63, 3.8) is 0 Å². The molecule has 5 nitrogen and oxygen atoms in total. The molecule has 0 bridgehead atoms. The number of amides is 1. The molecule has 26 heavy (non-hydrogen) atoms. The van der Waals surface area contributed by atoms with Crippen LogP contribution in [0.2, 0.25) is 0 Å². The number of methoxy groups -OCH3 is 1. The quantitative estimate of drug-likeness (QED) is 0.848. The van der Waals surface area contributed by atoms with Crippen LogP contribution < -0.4 is 10.1 Å². The number of rotatable bonds is 6. The fourth-order valence-corrected chi connectivity index (χ4v) is 4.14. The number of aryl methyl sites for hydroxylation is 1. The zero-order valence-corrected chi connectivity index (χ0v) is 16.5. The zero-order valence-electron chi connectivity index (χ0n) is 16.5. The Kier molecular flexibility index (Phi) is 6.54. The lowest BCUT2D eigenvalue weighted by Gasteiger charge is -2.37. The largest absolute Gasteiger partial charge is 0.496 e. The van der Waals surface area contributed by atoms with Crippen molar-refractivity contribution in [1.82, 2.24) is 15.1 Å². The number of benzene rings is 1. The maximum Gasteiger partial charge on any atom is 0.237 e. The maximum atomic E-state index is 12.5. The van der Waals surface area contributed by atoms with Gasteiger partial charge in [0.2, 0.25) is 5.91 Å². The van der Waals surface area contributed by atoms with Crippen LogP contribution in [0.25, 0.3) is 0 Å². The number of nitrogens with zero attached hydrogens (tertiary/aromatic N) is 2. The lowest BCUT2D eigenvalue weighted by atomic mass is 10.1. The van der Waals surface area contributed by atoms with Gasteiger partial charge in [0.1, 0.15) is 5.75 Å². The molecule has 1 aromatic rings. The molecule has 0 unspecified atom stereocenters. The van der Waals surface area contributed by atoms with E-state index < -0.39 is 0 Å². The van der Waals surface area contributed by atoms with Gasteiger partial charge in [-0.05, 0) is 32.8 Å². The molecule has 0 spiro atoms. The highest BCUT2D eigenvalue weighted by Crippen LogP contribution is 2.22. The molecule has 2 fully saturated rings. The minimum atomic E-state index is -0.0359. The van der Waals surface area contributed by atoms with Gasteiger partial charge in [0.05, 0.1) is 13.2 Å². The molecule has 1 amide bonds. The summed E-state index contributed by atoms with van der Waals surface area (Å²) >= 11 is 0. The first-order valence-corrected chi connectivity index (χ1v) is 9.97. The molecule has 1 saturated carbocycles. The molecule has 0 aromatic heterocycles. The van der Waals surface area contributed by atoms with Crippen molar-refractivity contribution >= 4 is 5.91 Å². The van der Waals surface area contributed by atoms with Crippen molar-refractivity contribution in [2.24, 2.45) is 0 Å². The lowest BCUT2D eigenvalue weighted by Crippen LogP contribution is -2.54. The maximum absolute atomic E-state index is 12.5. The molecule has 1 N–H and O–H groups in total. The predicted octanol–water partition coefficient (Wildman–Crippen LogP) is 2.57. The third kappa shape index (κ3) is 4.77. The van der Waals surface area contributed by atoms with Crippen LogP contribution in [0.1, 0.15) is 43.7 Å². The number of piperazine rings is 1. The van der Waals surface area contributed by atoms with Crippen LogP contribution >= 0.6 is 0 Å². The summed E-state index contributed by atoms with van der Waals surface area (Å²) in [7, 11) is 1.73. The van der Waals surface area contributed by atoms with E-state index >= 15 is 0 Å². The van der Waals surface area contributed by atoms with Crippen LogP contribution in [0, 0.1) is 6.92 Å². The Labute approximate surface area is 157 Å². The Bertz CT molecular complexity index is 605. The van der Waals surface area contributed by atoms with E-state index in [1.807, 2.05) is 6.92 Å². The third-order valence-corrected chi connectivity index (χ3v) is 5.87. The van der Waals surface area contributed by atoms with E-state index in [4.69, 9.17) is 4.74 Å². The first-order chi connectivity index (χ1) is 12.6. The van der Waals surface area contributed by atoms with Gasteiger partial charge in [0.25, 0.3) is 0 Å². The molecule has 3 rings (SSSR count). The van der Waals surface area contributed by atoms with E-state index in [1.54, 1.807) is 7.11 Å². The molecular formula is C21H33N3O2. The van der Waals surface area contributed by atoms with Crippen LogP contribution in [-0.2, 0) is 11.3 Å². The van der Waals surface area contributed by atoms with Crippen LogP contribution in [-0.4, -0.2) is 61.1 Å². The predicted molar refractivity (Wildman–Crippen MR) is 104 cm³/mol. The van der Waals surface area contributed by atoms with E-state index in [2.05, 4.69) is 40.2 Å². The molecule has 1 heterocycles. The Morgan fingerprint density at radius 2 is 1.92 bits per heavy atom. The van der Waals surface area contributed by atoms with Gasteiger partial charge < -0.3 is 10.1 Å². The Morgan fingerprint density at radius 1 is 1.23 bits per heavy atom. The molecule has 0 radical (unpaired) electrons. The van der Waals surface area contributed by atoms with Crippen LogP contribution in [0.5, 0.6) is 5.75 Å². The molecule has 1 atom stereocenters. The highest BCUT2D eigenvalue weighted by atomic mass is 16.5. The zero-order chi connectivity index (χ0) is 18.5. The van der Waals surface area contributed by atoms with Gasteiger partial charge in [0, 0.05) is 44.3 Å². The Balaban J connectivity index is 1.49. The normalized spacial score (nSPS) is 20.9. The standard InChI is InChI=1S/C21H33N3O2/c1-16-8-9-20(26-3)18(14-16)15-23-10-12-24(13-11-23)17(2)21(25)22-19-6-4-5-7-19/h8-9,14,17,19H,4-7,10-13,15H2,1-3H3,(H,22,25)/t17-/m1/s1. The summed E-state index contributed by atoms with van der Waals surface area (Å²) in [5.41, 5.74) is 2.50. The van der Waals surface area contributed by atoms with E-state index in [0.717, 1.165) is 51.3 Å². The average Bonchev–Trinajstić information content (AvgIpc) is 3.15. The van der Waals surface area contributed by atoms with E-state index in [0.29, 0.717) is 6.04 Å². The van der Waals surface area contributed by atoms with Crippen LogP contribution in [0.3, 0.4) is 0 Å². The van der Waals surface area contributed by atoms with E-state index in [1.165, 1.54) is 24.0 Å². The van der Waals surface area contributed by atoms with Gasteiger partial charge in [-0.3, -0.25) is 14.6 Å². The number of carbonyl (C=O) groups is 1. The molecule has 144 valence electrons. The summed E-state index contributed by atoms with van der Waals surface area (Å²) in [5, 5.41) is 3.24. The molecule has 1 saturated heterocycles. The second kappa shape index (κ2) is 8.87. The Morgan fingerprint density at radius 3 is 2.58 bits per heavy atom. The van der Waals surface area contributed by atoms with Gasteiger partial charge >= 0.3 is 0 Å². The highest BCUT2D eigenvalue weighted by Gasteiger charge is 2.27. The van der Waals surface area contributed by atoms with Crippen molar-refractivity contribution in [3.05, 3.63) is 29.3 Å². The number of hydrogen-bond donors (Lipinski definition) is 1. The smallest absolute Gasteiger partial charge is 0.237 e. The van der Waals surface area contributed by atoms with Crippen LogP contribution in [0.4, 0.5) is 0 Å². The van der Waals surface area contributed by atoms with Gasteiger partial charge in [-0.15, -0.1) is 0 Å². The van der Waals surface area contributed by atoms with Crippen molar-refractivity contribution < 1.29 is 9.53 Å². The Hall–Kier alpha value is -1.59. The van der Waals surface area contributed by atoms with Gasteiger partial charge in [-0.25, -0.2) is 0 Å². The summed E-state index contributed by atoms with van der Waals surface area (Å²) in [6.45, 7) is 8.91.